The highest BCUT2D eigenvalue weighted by atomic mass is 32.1. The van der Waals surface area contributed by atoms with Crippen LogP contribution in [0.1, 0.15) is 11.3 Å². The molecule has 7 heteroatoms. The molecule has 3 rings (SSSR count). The van der Waals surface area contributed by atoms with Crippen LogP contribution in [-0.4, -0.2) is 14.1 Å². The van der Waals surface area contributed by atoms with Crippen molar-refractivity contribution in [2.75, 3.05) is 0 Å². The highest BCUT2D eigenvalue weighted by Crippen LogP contribution is 2.19. The van der Waals surface area contributed by atoms with Gasteiger partial charge in [0.1, 0.15) is 4.70 Å². The number of nitrogens with zero attached hydrogens (tertiary/aromatic N) is 3. The van der Waals surface area contributed by atoms with Crippen LogP contribution in [-0.2, 0) is 13.1 Å². The van der Waals surface area contributed by atoms with Crippen LogP contribution >= 0.6 is 22.7 Å². The first kappa shape index (κ1) is 13.3. The van der Waals surface area contributed by atoms with Gasteiger partial charge in [0.15, 0.2) is 0 Å². The molecule has 0 spiro atoms. The average molecular weight is 307 g/mol. The summed E-state index contributed by atoms with van der Waals surface area (Å²) in [4.78, 5) is 28.3. The third-order valence-electron chi connectivity index (χ3n) is 3.26. The molecule has 0 unspecified atom stereocenters. The smallest absolute Gasteiger partial charge is 0.302 e. The molecule has 0 fully saturated rings. The van der Waals surface area contributed by atoms with Crippen molar-refractivity contribution in [3.63, 3.8) is 0 Å². The summed E-state index contributed by atoms with van der Waals surface area (Å²) < 4.78 is 3.93. The highest BCUT2D eigenvalue weighted by molar-refractivity contribution is 7.17. The van der Waals surface area contributed by atoms with E-state index in [2.05, 4.69) is 4.98 Å². The Morgan fingerprint density at radius 2 is 1.95 bits per heavy atom. The Morgan fingerprint density at radius 3 is 2.65 bits per heavy atom. The van der Waals surface area contributed by atoms with Crippen LogP contribution in [0.15, 0.2) is 26.7 Å². The van der Waals surface area contributed by atoms with Gasteiger partial charge in [0.05, 0.1) is 11.8 Å². The fourth-order valence-corrected chi connectivity index (χ4v) is 3.81. The van der Waals surface area contributed by atoms with Crippen molar-refractivity contribution in [1.82, 2.24) is 14.1 Å². The van der Waals surface area contributed by atoms with Crippen LogP contribution in [0.5, 0.6) is 0 Å². The second-order valence-electron chi connectivity index (χ2n) is 4.63. The molecule has 0 saturated carbocycles. The fraction of sp³-hybridized carbons (Fsp3) is 0.308. The summed E-state index contributed by atoms with van der Waals surface area (Å²) in [6.07, 6.45) is 1.57. The Bertz CT molecular complexity index is 885. The highest BCUT2D eigenvalue weighted by Gasteiger charge is 2.09. The van der Waals surface area contributed by atoms with Crippen molar-refractivity contribution in [2.24, 2.45) is 0 Å². The maximum atomic E-state index is 12.3. The zero-order valence-corrected chi connectivity index (χ0v) is 12.8. The number of fused-ring (bicyclic) bond motifs is 1. The standard InChI is InChI=1S/C13H13N3O2S2/c1-8-5-19-11-10(8)14-7-15(12(11)17)3-4-16-9(2)6-20-13(16)18/h5-7H,3-4H2,1-2H3. The van der Waals surface area contributed by atoms with E-state index in [0.29, 0.717) is 17.8 Å². The number of thiazole rings is 1. The molecule has 0 saturated heterocycles. The zero-order chi connectivity index (χ0) is 14.3. The zero-order valence-electron chi connectivity index (χ0n) is 11.1. The van der Waals surface area contributed by atoms with E-state index in [4.69, 9.17) is 0 Å². The molecule has 0 bridgehead atoms. The second kappa shape index (κ2) is 4.99. The molecule has 20 heavy (non-hydrogen) atoms. The van der Waals surface area contributed by atoms with Crippen LogP contribution in [0, 0.1) is 13.8 Å². The summed E-state index contributed by atoms with van der Waals surface area (Å²) in [6, 6.07) is 0. The maximum absolute atomic E-state index is 12.3. The van der Waals surface area contributed by atoms with Gasteiger partial charge in [-0.05, 0) is 24.8 Å². The minimum atomic E-state index is -0.0333. The van der Waals surface area contributed by atoms with Gasteiger partial charge in [-0.15, -0.1) is 11.3 Å². The van der Waals surface area contributed by atoms with Gasteiger partial charge >= 0.3 is 4.87 Å². The molecule has 0 aromatic carbocycles. The Labute approximate surface area is 122 Å². The first-order valence-electron chi connectivity index (χ1n) is 6.16. The summed E-state index contributed by atoms with van der Waals surface area (Å²) in [7, 11) is 0. The molecule has 0 radical (unpaired) electrons. The third kappa shape index (κ3) is 2.12. The van der Waals surface area contributed by atoms with E-state index in [1.165, 1.54) is 22.7 Å². The predicted octanol–water partition coefficient (Wildman–Crippen LogP) is 2.00. The first-order chi connectivity index (χ1) is 9.58. The van der Waals surface area contributed by atoms with Gasteiger partial charge in [-0.3, -0.25) is 14.2 Å². The lowest BCUT2D eigenvalue weighted by Crippen LogP contribution is -2.25. The van der Waals surface area contributed by atoms with Crippen molar-refractivity contribution in [1.29, 1.82) is 0 Å². The fourth-order valence-electron chi connectivity index (χ4n) is 2.10. The van der Waals surface area contributed by atoms with E-state index in [0.717, 1.165) is 16.8 Å². The minimum Gasteiger partial charge on any atom is -0.302 e. The predicted molar refractivity (Wildman–Crippen MR) is 81.9 cm³/mol. The molecular weight excluding hydrogens is 294 g/mol. The van der Waals surface area contributed by atoms with E-state index in [1.807, 2.05) is 24.6 Å². The molecule has 0 amide bonds. The molecule has 0 atom stereocenters. The Balaban J connectivity index is 1.94. The molecule has 0 aliphatic rings. The van der Waals surface area contributed by atoms with Crippen molar-refractivity contribution in [2.45, 2.75) is 26.9 Å². The molecule has 0 aliphatic carbocycles. The molecule has 0 aliphatic heterocycles. The van der Waals surface area contributed by atoms with Crippen molar-refractivity contribution in [3.05, 3.63) is 48.4 Å². The summed E-state index contributed by atoms with van der Waals surface area (Å²) in [6.45, 7) is 4.79. The van der Waals surface area contributed by atoms with E-state index in [1.54, 1.807) is 15.5 Å². The maximum Gasteiger partial charge on any atom is 0.307 e. The lowest BCUT2D eigenvalue weighted by atomic mass is 10.3. The van der Waals surface area contributed by atoms with E-state index < -0.39 is 0 Å². The monoisotopic (exact) mass is 307 g/mol. The Morgan fingerprint density at radius 1 is 1.15 bits per heavy atom. The molecule has 104 valence electrons. The van der Waals surface area contributed by atoms with Gasteiger partial charge in [-0.1, -0.05) is 11.3 Å². The Kier molecular flexibility index (Phi) is 3.31. The molecule has 3 heterocycles. The van der Waals surface area contributed by atoms with Gasteiger partial charge in [0.25, 0.3) is 5.56 Å². The van der Waals surface area contributed by atoms with Gasteiger partial charge in [-0.2, -0.15) is 0 Å². The number of hydrogen-bond acceptors (Lipinski definition) is 5. The lowest BCUT2D eigenvalue weighted by molar-refractivity contribution is 0.549. The van der Waals surface area contributed by atoms with Crippen LogP contribution in [0.25, 0.3) is 10.2 Å². The summed E-state index contributed by atoms with van der Waals surface area (Å²) >= 11 is 2.60. The third-order valence-corrected chi connectivity index (χ3v) is 5.22. The van der Waals surface area contributed by atoms with E-state index in [9.17, 15) is 9.59 Å². The molecule has 5 nitrogen and oxygen atoms in total. The van der Waals surface area contributed by atoms with Gasteiger partial charge < -0.3 is 4.57 Å². The molecular formula is C13H13N3O2S2. The van der Waals surface area contributed by atoms with Crippen LogP contribution < -0.4 is 10.4 Å². The van der Waals surface area contributed by atoms with E-state index in [-0.39, 0.29) is 10.4 Å². The number of thiophene rings is 1. The van der Waals surface area contributed by atoms with Crippen molar-refractivity contribution in [3.8, 4) is 0 Å². The van der Waals surface area contributed by atoms with E-state index >= 15 is 0 Å². The largest absolute Gasteiger partial charge is 0.307 e. The summed E-state index contributed by atoms with van der Waals surface area (Å²) in [5, 5.41) is 3.77. The van der Waals surface area contributed by atoms with Crippen LogP contribution in [0.3, 0.4) is 0 Å². The number of rotatable bonds is 3. The molecule has 0 N–H and O–H groups in total. The number of hydrogen-bond donors (Lipinski definition) is 0. The van der Waals surface area contributed by atoms with Gasteiger partial charge in [0.2, 0.25) is 0 Å². The topological polar surface area (TPSA) is 56.9 Å². The molecule has 3 aromatic rings. The minimum absolute atomic E-state index is 0.0107. The second-order valence-corrected chi connectivity index (χ2v) is 6.33. The van der Waals surface area contributed by atoms with Gasteiger partial charge in [-0.25, -0.2) is 4.98 Å². The Hall–Kier alpha value is -1.73. The van der Waals surface area contributed by atoms with Crippen molar-refractivity contribution < 1.29 is 0 Å². The normalized spacial score (nSPS) is 11.3. The van der Waals surface area contributed by atoms with Crippen molar-refractivity contribution >= 4 is 32.9 Å². The number of aryl methyl sites for hydroxylation is 3. The summed E-state index contributed by atoms with van der Waals surface area (Å²) in [5.74, 6) is 0. The quantitative estimate of drug-likeness (QED) is 0.743. The SMILES string of the molecule is Cc1csc2c(=O)n(CCn3c(C)csc3=O)cnc12. The summed E-state index contributed by atoms with van der Waals surface area (Å²) in [5.41, 5.74) is 2.70. The average Bonchev–Trinajstić information content (AvgIpc) is 2.95. The lowest BCUT2D eigenvalue weighted by Gasteiger charge is -2.07. The van der Waals surface area contributed by atoms with Gasteiger partial charge in [0, 0.05) is 24.2 Å². The van der Waals surface area contributed by atoms with Crippen LogP contribution in [0.4, 0.5) is 0 Å². The molecule has 3 aromatic heterocycles. The number of aromatic nitrogens is 3. The van der Waals surface area contributed by atoms with Crippen LogP contribution in [0.2, 0.25) is 0 Å². The first-order valence-corrected chi connectivity index (χ1v) is 7.92.